The van der Waals surface area contributed by atoms with Crippen molar-refractivity contribution in [1.82, 2.24) is 9.88 Å². The Kier molecular flexibility index (Phi) is 5.65. The molecular formula is C27H29F3N4O. The summed E-state index contributed by atoms with van der Waals surface area (Å²) in [6, 6.07) is 12.0. The number of amides is 1. The number of alkyl halides is 3. The molecule has 0 bridgehead atoms. The van der Waals surface area contributed by atoms with Crippen molar-refractivity contribution in [3.05, 3.63) is 65.4 Å². The highest BCUT2D eigenvalue weighted by Gasteiger charge is 2.52. The molecule has 2 aliphatic rings. The lowest BCUT2D eigenvalue weighted by Gasteiger charge is -2.43. The van der Waals surface area contributed by atoms with E-state index in [1.807, 2.05) is 24.0 Å². The van der Waals surface area contributed by atoms with Crippen LogP contribution < -0.4 is 10.2 Å². The van der Waals surface area contributed by atoms with Gasteiger partial charge >= 0.3 is 6.18 Å². The van der Waals surface area contributed by atoms with E-state index >= 15 is 0 Å². The van der Waals surface area contributed by atoms with Crippen LogP contribution in [0, 0.1) is 6.92 Å². The van der Waals surface area contributed by atoms with Crippen LogP contribution in [0.25, 0.3) is 10.9 Å². The third kappa shape index (κ3) is 4.30. The fourth-order valence-corrected chi connectivity index (χ4v) is 5.46. The second-order valence-corrected chi connectivity index (χ2v) is 9.76. The van der Waals surface area contributed by atoms with E-state index in [1.54, 1.807) is 19.2 Å². The van der Waals surface area contributed by atoms with Gasteiger partial charge in [-0.15, -0.1) is 0 Å². The van der Waals surface area contributed by atoms with Gasteiger partial charge in [0, 0.05) is 55.6 Å². The monoisotopic (exact) mass is 482 g/mol. The molecular weight excluding hydrogens is 453 g/mol. The summed E-state index contributed by atoms with van der Waals surface area (Å²) in [6.07, 6.45) is -0.623. The smallest absolute Gasteiger partial charge is 0.378 e. The summed E-state index contributed by atoms with van der Waals surface area (Å²) in [5, 5.41) is 4.34. The third-order valence-electron chi connectivity index (χ3n) is 7.47. The number of anilines is 2. The summed E-state index contributed by atoms with van der Waals surface area (Å²) in [4.78, 5) is 20.9. The van der Waals surface area contributed by atoms with E-state index < -0.39 is 11.7 Å². The van der Waals surface area contributed by atoms with Crippen LogP contribution in [-0.2, 0) is 11.0 Å². The summed E-state index contributed by atoms with van der Waals surface area (Å²) in [7, 11) is 0. The van der Waals surface area contributed by atoms with Crippen LogP contribution in [0.15, 0.2) is 48.7 Å². The SMILES string of the molecule is CC(=O)N1CCN(c2ccc3nccc(N[C@H](C)c4cccc(C(F)(F)F)c4C)c3c2)CC12CC2. The van der Waals surface area contributed by atoms with Crippen LogP contribution in [0.5, 0.6) is 0 Å². The first-order valence-electron chi connectivity index (χ1n) is 11.9. The number of hydrogen-bond acceptors (Lipinski definition) is 4. The van der Waals surface area contributed by atoms with Gasteiger partial charge in [-0.25, -0.2) is 0 Å². The van der Waals surface area contributed by atoms with Gasteiger partial charge in [-0.3, -0.25) is 9.78 Å². The molecule has 2 fully saturated rings. The molecule has 3 aromatic rings. The number of halogens is 3. The van der Waals surface area contributed by atoms with Crippen LogP contribution in [0.2, 0.25) is 0 Å². The summed E-state index contributed by atoms with van der Waals surface area (Å²) >= 11 is 0. The van der Waals surface area contributed by atoms with Crippen molar-refractivity contribution in [2.24, 2.45) is 0 Å². The Labute approximate surface area is 202 Å². The normalized spacial score (nSPS) is 18.1. The van der Waals surface area contributed by atoms with E-state index in [4.69, 9.17) is 0 Å². The van der Waals surface area contributed by atoms with Gasteiger partial charge in [0.05, 0.1) is 16.6 Å². The Morgan fingerprint density at radius 1 is 1.14 bits per heavy atom. The maximum Gasteiger partial charge on any atom is 0.416 e. The maximum atomic E-state index is 13.4. The van der Waals surface area contributed by atoms with E-state index in [-0.39, 0.29) is 23.1 Å². The molecule has 5 rings (SSSR count). The highest BCUT2D eigenvalue weighted by atomic mass is 19.4. The number of carbonyl (C=O) groups excluding carboxylic acids is 1. The molecule has 1 saturated carbocycles. The molecule has 35 heavy (non-hydrogen) atoms. The minimum absolute atomic E-state index is 0.0510. The summed E-state index contributed by atoms with van der Waals surface area (Å²) in [5.74, 6) is 0.134. The van der Waals surface area contributed by atoms with Gasteiger partial charge in [0.2, 0.25) is 5.91 Å². The molecule has 1 N–H and O–H groups in total. The molecule has 1 atom stereocenters. The molecule has 2 aromatic carbocycles. The molecule has 1 spiro atoms. The van der Waals surface area contributed by atoms with E-state index in [9.17, 15) is 18.0 Å². The second-order valence-electron chi connectivity index (χ2n) is 9.76. The van der Waals surface area contributed by atoms with Crippen molar-refractivity contribution in [3.8, 4) is 0 Å². The summed E-state index contributed by atoms with van der Waals surface area (Å²) in [6.45, 7) is 7.31. The topological polar surface area (TPSA) is 48.5 Å². The molecule has 1 amide bonds. The number of carbonyl (C=O) groups is 1. The lowest BCUT2D eigenvalue weighted by atomic mass is 9.97. The van der Waals surface area contributed by atoms with Crippen LogP contribution >= 0.6 is 0 Å². The Morgan fingerprint density at radius 2 is 1.91 bits per heavy atom. The fraction of sp³-hybridized carbons (Fsp3) is 0.407. The molecule has 1 aliphatic heterocycles. The van der Waals surface area contributed by atoms with E-state index in [0.717, 1.165) is 54.3 Å². The molecule has 2 heterocycles. The Morgan fingerprint density at radius 3 is 2.60 bits per heavy atom. The molecule has 1 aliphatic carbocycles. The zero-order valence-electron chi connectivity index (χ0n) is 20.1. The minimum Gasteiger partial charge on any atom is -0.378 e. The number of nitrogens with one attached hydrogen (secondary N) is 1. The first-order chi connectivity index (χ1) is 16.6. The number of nitrogens with zero attached hydrogens (tertiary/aromatic N) is 3. The summed E-state index contributed by atoms with van der Waals surface area (Å²) in [5.41, 5.74) is 2.88. The fourth-order valence-electron chi connectivity index (χ4n) is 5.46. The van der Waals surface area contributed by atoms with Crippen LogP contribution in [0.3, 0.4) is 0 Å². The number of fused-ring (bicyclic) bond motifs is 1. The van der Waals surface area contributed by atoms with Crippen molar-refractivity contribution in [2.75, 3.05) is 29.9 Å². The highest BCUT2D eigenvalue weighted by Crippen LogP contribution is 2.45. The lowest BCUT2D eigenvalue weighted by molar-refractivity contribution is -0.138. The predicted molar refractivity (Wildman–Crippen MR) is 132 cm³/mol. The lowest BCUT2D eigenvalue weighted by Crippen LogP contribution is -2.56. The number of rotatable bonds is 4. The number of aromatic nitrogens is 1. The predicted octanol–water partition coefficient (Wildman–Crippen LogP) is 5.94. The highest BCUT2D eigenvalue weighted by molar-refractivity contribution is 5.93. The first-order valence-corrected chi connectivity index (χ1v) is 11.9. The molecule has 0 radical (unpaired) electrons. The molecule has 184 valence electrons. The zero-order chi connectivity index (χ0) is 25.0. The number of benzene rings is 2. The second kappa shape index (κ2) is 8.43. The molecule has 8 heteroatoms. The largest absolute Gasteiger partial charge is 0.416 e. The van der Waals surface area contributed by atoms with Crippen molar-refractivity contribution < 1.29 is 18.0 Å². The Hall–Kier alpha value is -3.29. The van der Waals surface area contributed by atoms with Crippen molar-refractivity contribution in [3.63, 3.8) is 0 Å². The van der Waals surface area contributed by atoms with Gasteiger partial charge in [0.15, 0.2) is 0 Å². The van der Waals surface area contributed by atoms with Gasteiger partial charge in [-0.1, -0.05) is 12.1 Å². The quantitative estimate of drug-likeness (QED) is 0.500. The molecule has 5 nitrogen and oxygen atoms in total. The summed E-state index contributed by atoms with van der Waals surface area (Å²) < 4.78 is 40.3. The van der Waals surface area contributed by atoms with Crippen molar-refractivity contribution in [2.45, 2.75) is 51.4 Å². The standard InChI is InChI=1S/C27H29F3N4O/c1-17-21(5-4-6-23(17)27(28,29)30)18(2)32-25-9-12-31-24-8-7-20(15-22(24)25)33-13-14-34(19(3)35)26(16-33)10-11-26/h4-9,12,15,18H,10-11,13-14,16H2,1-3H3,(H,31,32)/t18-/m1/s1. The Bertz CT molecular complexity index is 1290. The van der Waals surface area contributed by atoms with E-state index in [1.165, 1.54) is 13.0 Å². The maximum absolute atomic E-state index is 13.4. The van der Waals surface area contributed by atoms with Crippen LogP contribution in [0.4, 0.5) is 24.5 Å². The zero-order valence-corrected chi connectivity index (χ0v) is 20.1. The van der Waals surface area contributed by atoms with Crippen molar-refractivity contribution in [1.29, 1.82) is 0 Å². The van der Waals surface area contributed by atoms with Gasteiger partial charge in [0.1, 0.15) is 0 Å². The number of hydrogen-bond donors (Lipinski definition) is 1. The average molecular weight is 483 g/mol. The van der Waals surface area contributed by atoms with Gasteiger partial charge in [-0.05, 0) is 68.1 Å². The van der Waals surface area contributed by atoms with Gasteiger partial charge < -0.3 is 15.1 Å². The van der Waals surface area contributed by atoms with Crippen LogP contribution in [0.1, 0.15) is 49.4 Å². The first kappa shape index (κ1) is 23.5. The number of pyridine rings is 1. The third-order valence-corrected chi connectivity index (χ3v) is 7.47. The van der Waals surface area contributed by atoms with Gasteiger partial charge in [-0.2, -0.15) is 13.2 Å². The van der Waals surface area contributed by atoms with Crippen molar-refractivity contribution >= 4 is 28.2 Å². The average Bonchev–Trinajstić information content (AvgIpc) is 3.57. The Balaban J connectivity index is 1.43. The molecule has 1 saturated heterocycles. The van der Waals surface area contributed by atoms with E-state index in [2.05, 4.69) is 27.3 Å². The van der Waals surface area contributed by atoms with Crippen LogP contribution in [-0.4, -0.2) is 41.0 Å². The minimum atomic E-state index is -4.39. The number of piperazine rings is 1. The van der Waals surface area contributed by atoms with E-state index in [0.29, 0.717) is 12.1 Å². The van der Waals surface area contributed by atoms with Gasteiger partial charge in [0.25, 0.3) is 0 Å². The molecule has 0 unspecified atom stereocenters. The molecule has 1 aromatic heterocycles.